The van der Waals surface area contributed by atoms with Crippen LogP contribution in [0.5, 0.6) is 0 Å². The first-order valence-corrected chi connectivity index (χ1v) is 5.24. The van der Waals surface area contributed by atoms with Crippen molar-refractivity contribution >= 4 is 31.9 Å². The topological polar surface area (TPSA) is 0 Å². The molecular weight excluding hydrogens is 244 g/mol. The monoisotopic (exact) mass is 256 g/mol. The zero-order chi connectivity index (χ0) is 7.28. The van der Waals surface area contributed by atoms with Gasteiger partial charge in [-0.15, -0.1) is 0 Å². The third-order valence-electron chi connectivity index (χ3n) is 1.20. The lowest BCUT2D eigenvalue weighted by atomic mass is 10.2. The van der Waals surface area contributed by atoms with E-state index in [1.165, 1.54) is 19.3 Å². The smallest absolute Gasteiger partial charge is 0.0117 e. The Bertz CT molecular complexity index is 51.9. The van der Waals surface area contributed by atoms with Crippen LogP contribution in [-0.4, -0.2) is 9.65 Å². The second-order valence-electron chi connectivity index (χ2n) is 2.49. The van der Waals surface area contributed by atoms with Crippen LogP contribution < -0.4 is 0 Å². The van der Waals surface area contributed by atoms with E-state index in [1.807, 2.05) is 0 Å². The van der Waals surface area contributed by atoms with E-state index in [9.17, 15) is 0 Å². The summed E-state index contributed by atoms with van der Waals surface area (Å²) in [5.41, 5.74) is 0. The van der Waals surface area contributed by atoms with E-state index < -0.39 is 0 Å². The molecule has 0 radical (unpaired) electrons. The number of halogens is 2. The van der Waals surface area contributed by atoms with E-state index in [1.54, 1.807) is 0 Å². The maximum absolute atomic E-state index is 3.51. The van der Waals surface area contributed by atoms with Crippen molar-refractivity contribution in [2.75, 3.05) is 0 Å². The third kappa shape index (κ3) is 8.96. The van der Waals surface area contributed by atoms with Crippen LogP contribution >= 0.6 is 31.9 Å². The Labute approximate surface area is 74.7 Å². The second-order valence-corrected chi connectivity index (χ2v) is 5.62. The van der Waals surface area contributed by atoms with E-state index in [0.29, 0.717) is 9.65 Å². The van der Waals surface area contributed by atoms with E-state index in [2.05, 4.69) is 45.7 Å². The molecule has 0 saturated heterocycles. The molecule has 0 fully saturated rings. The van der Waals surface area contributed by atoms with E-state index >= 15 is 0 Å². The molecule has 0 aliphatic carbocycles. The minimum absolute atomic E-state index is 0.684. The van der Waals surface area contributed by atoms with Gasteiger partial charge in [0.05, 0.1) is 0 Å². The quantitative estimate of drug-likeness (QED) is 0.674. The van der Waals surface area contributed by atoms with Crippen LogP contribution in [0.4, 0.5) is 0 Å². The predicted octanol–water partition coefficient (Wildman–Crippen LogP) is 3.72. The molecule has 9 heavy (non-hydrogen) atoms. The van der Waals surface area contributed by atoms with Crippen LogP contribution in [0.2, 0.25) is 0 Å². The van der Waals surface area contributed by atoms with Gasteiger partial charge >= 0.3 is 0 Å². The molecule has 2 atom stereocenters. The molecule has 0 amide bonds. The molecule has 0 saturated carbocycles. The molecular formula is C7H14Br2. The molecule has 56 valence electrons. The van der Waals surface area contributed by atoms with Crippen molar-refractivity contribution in [3.63, 3.8) is 0 Å². The summed E-state index contributed by atoms with van der Waals surface area (Å²) in [5, 5.41) is 0. The standard InChI is InChI=1S/C7H14Br2/c1-6(8)4-3-5-7(2)9/h6-7H,3-5H2,1-2H3/t6-,7+. The molecule has 0 aromatic rings. The number of rotatable bonds is 4. The molecule has 0 unspecified atom stereocenters. The molecule has 0 bridgehead atoms. The van der Waals surface area contributed by atoms with Crippen LogP contribution in [0.3, 0.4) is 0 Å². The van der Waals surface area contributed by atoms with Crippen molar-refractivity contribution in [3.8, 4) is 0 Å². The Morgan fingerprint density at radius 1 is 1.00 bits per heavy atom. The first-order valence-electron chi connectivity index (χ1n) is 3.41. The SMILES string of the molecule is C[C@H](Br)CCC[C@@H](C)Br. The van der Waals surface area contributed by atoms with Crippen LogP contribution in [-0.2, 0) is 0 Å². The lowest BCUT2D eigenvalue weighted by molar-refractivity contribution is 0.682. The Hall–Kier alpha value is 0.960. The third-order valence-corrected chi connectivity index (χ3v) is 2.12. The molecule has 0 N–H and O–H groups in total. The fourth-order valence-corrected chi connectivity index (χ4v) is 1.33. The Kier molecular flexibility index (Phi) is 6.33. The van der Waals surface area contributed by atoms with Gasteiger partial charge < -0.3 is 0 Å². The molecule has 0 nitrogen and oxygen atoms in total. The van der Waals surface area contributed by atoms with E-state index in [4.69, 9.17) is 0 Å². The fraction of sp³-hybridized carbons (Fsp3) is 1.00. The molecule has 2 heteroatoms. The summed E-state index contributed by atoms with van der Waals surface area (Å²) in [6, 6.07) is 0. The van der Waals surface area contributed by atoms with Crippen LogP contribution in [0.1, 0.15) is 33.1 Å². The summed E-state index contributed by atoms with van der Waals surface area (Å²) in [6.07, 6.45) is 3.89. The molecule has 0 spiro atoms. The van der Waals surface area contributed by atoms with Crippen molar-refractivity contribution < 1.29 is 0 Å². The van der Waals surface area contributed by atoms with Gasteiger partial charge in [-0.05, 0) is 12.8 Å². The Balaban J connectivity index is 2.91. The number of hydrogen-bond acceptors (Lipinski definition) is 0. The zero-order valence-electron chi connectivity index (χ0n) is 6.03. The van der Waals surface area contributed by atoms with E-state index in [0.717, 1.165) is 0 Å². The maximum atomic E-state index is 3.51. The summed E-state index contributed by atoms with van der Waals surface area (Å²) in [4.78, 5) is 1.37. The minimum Gasteiger partial charge on any atom is -0.0894 e. The van der Waals surface area contributed by atoms with Gasteiger partial charge in [0.1, 0.15) is 0 Å². The van der Waals surface area contributed by atoms with Crippen LogP contribution in [0.25, 0.3) is 0 Å². The average molecular weight is 258 g/mol. The fourth-order valence-electron chi connectivity index (χ4n) is 0.680. The summed E-state index contributed by atoms with van der Waals surface area (Å²) < 4.78 is 0. The summed E-state index contributed by atoms with van der Waals surface area (Å²) in [6.45, 7) is 4.39. The largest absolute Gasteiger partial charge is 0.0894 e. The first-order chi connectivity index (χ1) is 4.13. The highest BCUT2D eigenvalue weighted by Crippen LogP contribution is 2.13. The lowest BCUT2D eigenvalue weighted by Crippen LogP contribution is -1.94. The highest BCUT2D eigenvalue weighted by Gasteiger charge is 1.98. The number of hydrogen-bond donors (Lipinski definition) is 0. The zero-order valence-corrected chi connectivity index (χ0v) is 9.20. The van der Waals surface area contributed by atoms with E-state index in [-0.39, 0.29) is 0 Å². The maximum Gasteiger partial charge on any atom is 0.0117 e. The molecule has 0 aliphatic heterocycles. The van der Waals surface area contributed by atoms with Gasteiger partial charge in [0.2, 0.25) is 0 Å². The van der Waals surface area contributed by atoms with Crippen LogP contribution in [0, 0.1) is 0 Å². The molecule has 0 aliphatic rings. The summed E-state index contributed by atoms with van der Waals surface area (Å²) in [7, 11) is 0. The molecule has 0 aromatic heterocycles. The van der Waals surface area contributed by atoms with Gasteiger partial charge in [0, 0.05) is 9.65 Å². The highest BCUT2D eigenvalue weighted by molar-refractivity contribution is 9.09. The molecule has 0 aromatic carbocycles. The van der Waals surface area contributed by atoms with Gasteiger partial charge in [-0.1, -0.05) is 52.1 Å². The lowest BCUT2D eigenvalue weighted by Gasteiger charge is -2.03. The van der Waals surface area contributed by atoms with Crippen molar-refractivity contribution in [3.05, 3.63) is 0 Å². The second kappa shape index (κ2) is 5.72. The first kappa shape index (κ1) is 9.96. The predicted molar refractivity (Wildman–Crippen MR) is 50.6 cm³/mol. The van der Waals surface area contributed by atoms with Crippen molar-refractivity contribution in [1.29, 1.82) is 0 Å². The molecule has 0 heterocycles. The molecule has 0 rings (SSSR count). The van der Waals surface area contributed by atoms with Gasteiger partial charge in [-0.2, -0.15) is 0 Å². The Morgan fingerprint density at radius 2 is 1.33 bits per heavy atom. The van der Waals surface area contributed by atoms with Gasteiger partial charge in [-0.25, -0.2) is 0 Å². The normalized spacial score (nSPS) is 17.3. The van der Waals surface area contributed by atoms with Crippen molar-refractivity contribution in [2.24, 2.45) is 0 Å². The van der Waals surface area contributed by atoms with Crippen molar-refractivity contribution in [1.82, 2.24) is 0 Å². The minimum atomic E-state index is 0.684. The van der Waals surface area contributed by atoms with Gasteiger partial charge in [0.25, 0.3) is 0 Å². The van der Waals surface area contributed by atoms with Crippen LogP contribution in [0.15, 0.2) is 0 Å². The highest BCUT2D eigenvalue weighted by atomic mass is 79.9. The van der Waals surface area contributed by atoms with Crippen molar-refractivity contribution in [2.45, 2.75) is 42.8 Å². The summed E-state index contributed by atoms with van der Waals surface area (Å²) >= 11 is 7.02. The number of alkyl halides is 2. The average Bonchev–Trinajstić information content (AvgIpc) is 1.63. The van der Waals surface area contributed by atoms with Gasteiger partial charge in [0.15, 0.2) is 0 Å². The summed E-state index contributed by atoms with van der Waals surface area (Å²) in [5.74, 6) is 0. The van der Waals surface area contributed by atoms with Gasteiger partial charge in [-0.3, -0.25) is 0 Å². The Morgan fingerprint density at radius 3 is 1.56 bits per heavy atom.